The highest BCUT2D eigenvalue weighted by Crippen LogP contribution is 2.38. The monoisotopic (exact) mass is 279 g/mol. The Balaban J connectivity index is 3.52. The molecule has 1 rings (SSSR count). The molecule has 10 heteroatoms. The van der Waals surface area contributed by atoms with Crippen molar-refractivity contribution >= 4 is 0 Å². The van der Waals surface area contributed by atoms with Gasteiger partial charge in [0.2, 0.25) is 5.75 Å². The van der Waals surface area contributed by atoms with Crippen LogP contribution in [0.5, 0.6) is 5.75 Å². The van der Waals surface area contributed by atoms with Gasteiger partial charge in [-0.3, -0.25) is 4.79 Å². The lowest BCUT2D eigenvalue weighted by atomic mass is 10.1. The summed E-state index contributed by atoms with van der Waals surface area (Å²) >= 11 is 0. The van der Waals surface area contributed by atoms with Crippen LogP contribution in [0, 0.1) is 0 Å². The third kappa shape index (κ3) is 3.14. The first-order chi connectivity index (χ1) is 8.06. The molecular formula is C8H4F7NO2. The van der Waals surface area contributed by atoms with Gasteiger partial charge in [-0.15, -0.1) is 13.2 Å². The number of halogens is 7. The molecular weight excluding hydrogens is 275 g/mol. The maximum Gasteiger partial charge on any atom is 0.573 e. The van der Waals surface area contributed by atoms with E-state index in [-0.39, 0.29) is 0 Å². The Hall–Kier alpha value is -1.74. The average molecular weight is 279 g/mol. The zero-order valence-electron chi connectivity index (χ0n) is 8.25. The van der Waals surface area contributed by atoms with Crippen LogP contribution in [0.25, 0.3) is 0 Å². The molecule has 18 heavy (non-hydrogen) atoms. The minimum absolute atomic E-state index is 0.342. The van der Waals surface area contributed by atoms with Crippen molar-refractivity contribution in [2.45, 2.75) is 19.2 Å². The van der Waals surface area contributed by atoms with E-state index < -0.39 is 41.6 Å². The van der Waals surface area contributed by atoms with E-state index in [1.807, 2.05) is 0 Å². The Bertz CT molecular complexity index is 488. The van der Waals surface area contributed by atoms with Crippen LogP contribution in [0.4, 0.5) is 30.7 Å². The molecule has 1 aromatic heterocycles. The van der Waals surface area contributed by atoms with Crippen molar-refractivity contribution in [3.05, 3.63) is 27.7 Å². The molecule has 0 aliphatic carbocycles. The van der Waals surface area contributed by atoms with Crippen molar-refractivity contribution in [1.29, 1.82) is 0 Å². The van der Waals surface area contributed by atoms with Crippen molar-refractivity contribution in [1.82, 2.24) is 4.98 Å². The molecule has 0 radical (unpaired) electrons. The summed E-state index contributed by atoms with van der Waals surface area (Å²) in [4.78, 5) is 12.5. The van der Waals surface area contributed by atoms with Crippen molar-refractivity contribution in [3.8, 4) is 5.75 Å². The summed E-state index contributed by atoms with van der Waals surface area (Å²) in [5.41, 5.74) is -4.98. The van der Waals surface area contributed by atoms with E-state index in [0.29, 0.717) is 6.20 Å². The summed E-state index contributed by atoms with van der Waals surface area (Å²) in [6.07, 6.45) is -10.5. The predicted molar refractivity (Wildman–Crippen MR) is 43.6 cm³/mol. The van der Waals surface area contributed by atoms with Crippen molar-refractivity contribution in [2.75, 3.05) is 0 Å². The largest absolute Gasteiger partial charge is 0.573 e. The fourth-order valence-corrected chi connectivity index (χ4v) is 1.18. The Kier molecular flexibility index (Phi) is 3.58. The second-order valence-electron chi connectivity index (χ2n) is 3.03. The Labute approximate surface area is 94.2 Å². The van der Waals surface area contributed by atoms with Crippen molar-refractivity contribution < 1.29 is 35.5 Å². The van der Waals surface area contributed by atoms with Gasteiger partial charge in [0.05, 0.1) is 0 Å². The number of hydrogen-bond donors (Lipinski definition) is 1. The summed E-state index contributed by atoms with van der Waals surface area (Å²) in [6.45, 7) is -1.71. The normalized spacial score (nSPS) is 12.6. The molecule has 0 atom stereocenters. The second kappa shape index (κ2) is 4.50. The van der Waals surface area contributed by atoms with Gasteiger partial charge in [-0.2, -0.15) is 13.2 Å². The number of pyridine rings is 1. The topological polar surface area (TPSA) is 42.1 Å². The molecule has 0 bridgehead atoms. The SMILES string of the molecule is O=c1[nH]cc(CF)c(C(F)(F)F)c1OC(F)(F)F. The Morgan fingerprint density at radius 1 is 1.17 bits per heavy atom. The lowest BCUT2D eigenvalue weighted by Crippen LogP contribution is -2.27. The van der Waals surface area contributed by atoms with Gasteiger partial charge in [0.25, 0.3) is 5.56 Å². The van der Waals surface area contributed by atoms with Gasteiger partial charge in [0.15, 0.2) is 0 Å². The van der Waals surface area contributed by atoms with E-state index in [1.54, 1.807) is 0 Å². The first kappa shape index (κ1) is 14.3. The number of hydrogen-bond acceptors (Lipinski definition) is 2. The third-order valence-corrected chi connectivity index (χ3v) is 1.78. The fraction of sp³-hybridized carbons (Fsp3) is 0.375. The quantitative estimate of drug-likeness (QED) is 0.846. The van der Waals surface area contributed by atoms with Gasteiger partial charge in [0, 0.05) is 11.8 Å². The van der Waals surface area contributed by atoms with Crippen LogP contribution in [0.15, 0.2) is 11.0 Å². The number of aromatic nitrogens is 1. The second-order valence-corrected chi connectivity index (χ2v) is 3.03. The van der Waals surface area contributed by atoms with Crippen LogP contribution in [0.2, 0.25) is 0 Å². The number of ether oxygens (including phenoxy) is 1. The lowest BCUT2D eigenvalue weighted by molar-refractivity contribution is -0.276. The van der Waals surface area contributed by atoms with Crippen LogP contribution in [-0.4, -0.2) is 11.3 Å². The molecule has 0 saturated heterocycles. The average Bonchev–Trinajstić information content (AvgIpc) is 2.17. The number of nitrogens with one attached hydrogen (secondary N) is 1. The van der Waals surface area contributed by atoms with E-state index in [2.05, 4.69) is 4.74 Å². The summed E-state index contributed by atoms with van der Waals surface area (Å²) in [6, 6.07) is 0. The molecule has 0 fully saturated rings. The molecule has 0 spiro atoms. The number of aromatic amines is 1. The number of alkyl halides is 7. The van der Waals surface area contributed by atoms with Gasteiger partial charge < -0.3 is 9.72 Å². The molecule has 0 amide bonds. The number of H-pyrrole nitrogens is 1. The predicted octanol–water partition coefficient (Wildman–Crippen LogP) is 2.76. The minimum Gasteiger partial charge on any atom is -0.399 e. The molecule has 0 unspecified atom stereocenters. The van der Waals surface area contributed by atoms with E-state index in [1.165, 1.54) is 4.98 Å². The molecule has 1 N–H and O–H groups in total. The smallest absolute Gasteiger partial charge is 0.399 e. The minimum atomic E-state index is -5.50. The van der Waals surface area contributed by atoms with Crippen LogP contribution >= 0.6 is 0 Å². The van der Waals surface area contributed by atoms with Crippen molar-refractivity contribution in [3.63, 3.8) is 0 Å². The van der Waals surface area contributed by atoms with Crippen LogP contribution in [0.1, 0.15) is 11.1 Å². The van der Waals surface area contributed by atoms with E-state index in [0.717, 1.165) is 0 Å². The highest BCUT2D eigenvalue weighted by Gasteiger charge is 2.42. The fourth-order valence-electron chi connectivity index (χ4n) is 1.18. The molecule has 0 aliphatic rings. The van der Waals surface area contributed by atoms with Crippen LogP contribution < -0.4 is 10.3 Å². The first-order valence-electron chi connectivity index (χ1n) is 4.19. The summed E-state index contributed by atoms with van der Waals surface area (Å²) < 4.78 is 88.4. The Morgan fingerprint density at radius 3 is 2.11 bits per heavy atom. The number of rotatable bonds is 2. The summed E-state index contributed by atoms with van der Waals surface area (Å²) in [5, 5.41) is 0. The molecule has 1 aromatic rings. The summed E-state index contributed by atoms with van der Waals surface area (Å²) in [7, 11) is 0. The maximum absolute atomic E-state index is 12.5. The van der Waals surface area contributed by atoms with Gasteiger partial charge in [0.1, 0.15) is 12.2 Å². The molecule has 0 saturated carbocycles. The molecule has 3 nitrogen and oxygen atoms in total. The zero-order valence-corrected chi connectivity index (χ0v) is 8.25. The highest BCUT2D eigenvalue weighted by molar-refractivity contribution is 5.39. The van der Waals surface area contributed by atoms with Gasteiger partial charge in [-0.25, -0.2) is 4.39 Å². The van der Waals surface area contributed by atoms with Gasteiger partial charge in [-0.1, -0.05) is 0 Å². The Morgan fingerprint density at radius 2 is 1.72 bits per heavy atom. The maximum atomic E-state index is 12.5. The molecule has 102 valence electrons. The lowest BCUT2D eigenvalue weighted by Gasteiger charge is -2.16. The molecule has 0 aliphatic heterocycles. The van der Waals surface area contributed by atoms with E-state index in [4.69, 9.17) is 0 Å². The van der Waals surface area contributed by atoms with Gasteiger partial charge in [-0.05, 0) is 0 Å². The van der Waals surface area contributed by atoms with E-state index >= 15 is 0 Å². The standard InChI is InChI=1S/C8H4F7NO2/c9-1-3-2-16-6(17)5(18-8(13,14)15)4(3)7(10,11)12/h2H,1H2,(H,16,17). The first-order valence-corrected chi connectivity index (χ1v) is 4.19. The molecule has 0 aromatic carbocycles. The van der Waals surface area contributed by atoms with Crippen LogP contribution in [-0.2, 0) is 12.9 Å². The molecule has 1 heterocycles. The highest BCUT2D eigenvalue weighted by atomic mass is 19.4. The third-order valence-electron chi connectivity index (χ3n) is 1.78. The van der Waals surface area contributed by atoms with Gasteiger partial charge >= 0.3 is 12.5 Å². The zero-order chi connectivity index (χ0) is 14.1. The summed E-state index contributed by atoms with van der Waals surface area (Å²) in [5.74, 6) is -2.02. The van der Waals surface area contributed by atoms with E-state index in [9.17, 15) is 35.5 Å². The van der Waals surface area contributed by atoms with Crippen molar-refractivity contribution in [2.24, 2.45) is 0 Å². The van der Waals surface area contributed by atoms with Crippen LogP contribution in [0.3, 0.4) is 0 Å².